The lowest BCUT2D eigenvalue weighted by molar-refractivity contribution is 0.172. The molecule has 4 N–H and O–H groups in total. The van der Waals surface area contributed by atoms with E-state index in [1.54, 1.807) is 0 Å². The highest BCUT2D eigenvalue weighted by Gasteiger charge is 2.32. The van der Waals surface area contributed by atoms with Crippen molar-refractivity contribution in [1.29, 1.82) is 0 Å². The van der Waals surface area contributed by atoms with Gasteiger partial charge >= 0.3 is 0 Å². The average Bonchev–Trinajstić information content (AvgIpc) is 2.39. The van der Waals surface area contributed by atoms with E-state index in [1.807, 2.05) is 0 Å². The minimum atomic E-state index is -0.247. The van der Waals surface area contributed by atoms with Gasteiger partial charge < -0.3 is 16.2 Å². The normalized spacial score (nSPS) is 18.5. The molecular weight excluding hydrogens is 240 g/mol. The molecule has 0 aliphatic heterocycles. The third-order valence-electron chi connectivity index (χ3n) is 3.99. The predicted octanol–water partition coefficient (Wildman–Crippen LogP) is 2.29. The van der Waals surface area contributed by atoms with E-state index in [4.69, 9.17) is 5.73 Å². The number of aliphatic hydroxyl groups is 1. The number of aliphatic hydroxyl groups excluding tert-OH is 1. The van der Waals surface area contributed by atoms with Crippen LogP contribution in [0, 0.1) is 0 Å². The zero-order chi connectivity index (χ0) is 13.9. The minimum absolute atomic E-state index is 0.133. The standard InChI is InChI=1S/C14H24N4O/c1-10(2)11-12(15)16-9-17-13(11)18-14(8-19)6-4-3-5-7-14/h9-10,19H,3-8H2,1-2H3,(H3,15,16,17,18). The van der Waals surface area contributed by atoms with Crippen molar-refractivity contribution < 1.29 is 5.11 Å². The van der Waals surface area contributed by atoms with Crippen LogP contribution in [0.1, 0.15) is 57.4 Å². The summed E-state index contributed by atoms with van der Waals surface area (Å²) < 4.78 is 0. The first kappa shape index (κ1) is 14.1. The smallest absolute Gasteiger partial charge is 0.135 e. The Bertz CT molecular complexity index is 427. The van der Waals surface area contributed by atoms with E-state index < -0.39 is 0 Å². The second-order valence-corrected chi connectivity index (χ2v) is 5.80. The molecule has 1 aliphatic rings. The van der Waals surface area contributed by atoms with Crippen molar-refractivity contribution in [3.63, 3.8) is 0 Å². The van der Waals surface area contributed by atoms with Gasteiger partial charge in [0.1, 0.15) is 18.0 Å². The molecule has 0 aromatic carbocycles. The van der Waals surface area contributed by atoms with Crippen molar-refractivity contribution in [1.82, 2.24) is 9.97 Å². The van der Waals surface area contributed by atoms with Crippen molar-refractivity contribution in [2.45, 2.75) is 57.4 Å². The number of rotatable bonds is 4. The molecule has 0 amide bonds. The molecule has 5 nitrogen and oxygen atoms in total. The quantitative estimate of drug-likeness (QED) is 0.777. The van der Waals surface area contributed by atoms with Gasteiger partial charge in [-0.15, -0.1) is 0 Å². The molecule has 2 rings (SSSR count). The van der Waals surface area contributed by atoms with Gasteiger partial charge in [0.05, 0.1) is 12.1 Å². The zero-order valence-corrected chi connectivity index (χ0v) is 11.8. The maximum Gasteiger partial charge on any atom is 0.135 e. The SMILES string of the molecule is CC(C)c1c(N)ncnc1NC1(CO)CCCCC1. The number of nitrogen functional groups attached to an aromatic ring is 1. The summed E-state index contributed by atoms with van der Waals surface area (Å²) >= 11 is 0. The van der Waals surface area contributed by atoms with Gasteiger partial charge in [-0.1, -0.05) is 33.1 Å². The Morgan fingerprint density at radius 2 is 2.00 bits per heavy atom. The van der Waals surface area contributed by atoms with Gasteiger partial charge in [-0.2, -0.15) is 0 Å². The molecule has 0 radical (unpaired) electrons. The lowest BCUT2D eigenvalue weighted by atomic mass is 9.82. The van der Waals surface area contributed by atoms with Crippen LogP contribution in [0.15, 0.2) is 6.33 Å². The van der Waals surface area contributed by atoms with Crippen LogP contribution in [0.3, 0.4) is 0 Å². The topological polar surface area (TPSA) is 84.1 Å². The third kappa shape index (κ3) is 2.97. The molecule has 0 bridgehead atoms. The van der Waals surface area contributed by atoms with E-state index in [0.717, 1.165) is 37.1 Å². The van der Waals surface area contributed by atoms with Crippen molar-refractivity contribution in [3.8, 4) is 0 Å². The van der Waals surface area contributed by atoms with Crippen LogP contribution in [0.25, 0.3) is 0 Å². The van der Waals surface area contributed by atoms with Gasteiger partial charge in [0.15, 0.2) is 0 Å². The molecule has 0 unspecified atom stereocenters. The summed E-state index contributed by atoms with van der Waals surface area (Å²) in [6.07, 6.45) is 6.97. The first-order valence-electron chi connectivity index (χ1n) is 7.07. The summed E-state index contributed by atoms with van der Waals surface area (Å²) in [6, 6.07) is 0. The third-order valence-corrected chi connectivity index (χ3v) is 3.99. The molecule has 106 valence electrons. The summed E-state index contributed by atoms with van der Waals surface area (Å²) in [5.74, 6) is 1.55. The Balaban J connectivity index is 2.29. The lowest BCUT2D eigenvalue weighted by Crippen LogP contribution is -2.44. The van der Waals surface area contributed by atoms with Gasteiger partial charge in [0.25, 0.3) is 0 Å². The van der Waals surface area contributed by atoms with Crippen molar-refractivity contribution in [2.75, 3.05) is 17.7 Å². The van der Waals surface area contributed by atoms with E-state index in [0.29, 0.717) is 5.82 Å². The first-order valence-corrected chi connectivity index (χ1v) is 7.07. The molecular formula is C14H24N4O. The molecule has 1 aromatic rings. The summed E-state index contributed by atoms with van der Waals surface area (Å²) in [4.78, 5) is 8.40. The van der Waals surface area contributed by atoms with E-state index in [1.165, 1.54) is 12.7 Å². The summed E-state index contributed by atoms with van der Waals surface area (Å²) in [7, 11) is 0. The van der Waals surface area contributed by atoms with E-state index in [9.17, 15) is 5.11 Å². The number of hydrogen-bond donors (Lipinski definition) is 3. The van der Waals surface area contributed by atoms with E-state index in [-0.39, 0.29) is 18.1 Å². The van der Waals surface area contributed by atoms with Crippen molar-refractivity contribution in [3.05, 3.63) is 11.9 Å². The number of nitrogens with zero attached hydrogens (tertiary/aromatic N) is 2. The molecule has 1 aliphatic carbocycles. The largest absolute Gasteiger partial charge is 0.394 e. The molecule has 0 saturated heterocycles. The van der Waals surface area contributed by atoms with Crippen LogP contribution in [0.5, 0.6) is 0 Å². The Morgan fingerprint density at radius 3 is 2.58 bits per heavy atom. The second kappa shape index (κ2) is 5.74. The molecule has 5 heteroatoms. The maximum absolute atomic E-state index is 9.76. The number of aromatic nitrogens is 2. The van der Waals surface area contributed by atoms with Gasteiger partial charge in [-0.05, 0) is 18.8 Å². The predicted molar refractivity (Wildman–Crippen MR) is 77.1 cm³/mol. The molecule has 0 atom stereocenters. The average molecular weight is 264 g/mol. The first-order chi connectivity index (χ1) is 9.08. The fourth-order valence-electron chi connectivity index (χ4n) is 2.88. The fraction of sp³-hybridized carbons (Fsp3) is 0.714. The molecule has 19 heavy (non-hydrogen) atoms. The molecule has 1 heterocycles. The lowest BCUT2D eigenvalue weighted by Gasteiger charge is -2.37. The number of hydrogen-bond acceptors (Lipinski definition) is 5. The van der Waals surface area contributed by atoms with E-state index >= 15 is 0 Å². The van der Waals surface area contributed by atoms with Crippen LogP contribution in [-0.4, -0.2) is 27.2 Å². The van der Waals surface area contributed by atoms with Gasteiger partial charge in [-0.25, -0.2) is 9.97 Å². The second-order valence-electron chi connectivity index (χ2n) is 5.80. The molecule has 1 aromatic heterocycles. The Hall–Kier alpha value is -1.36. The number of anilines is 2. The van der Waals surface area contributed by atoms with Crippen LogP contribution < -0.4 is 11.1 Å². The van der Waals surface area contributed by atoms with Gasteiger partial charge in [-0.3, -0.25) is 0 Å². The van der Waals surface area contributed by atoms with Crippen LogP contribution in [0.2, 0.25) is 0 Å². The highest BCUT2D eigenvalue weighted by Crippen LogP contribution is 2.34. The number of nitrogens with two attached hydrogens (primary N) is 1. The Labute approximate surface area is 114 Å². The van der Waals surface area contributed by atoms with Crippen molar-refractivity contribution >= 4 is 11.6 Å². The minimum Gasteiger partial charge on any atom is -0.394 e. The van der Waals surface area contributed by atoms with Crippen LogP contribution in [-0.2, 0) is 0 Å². The van der Waals surface area contributed by atoms with Gasteiger partial charge in [0, 0.05) is 5.56 Å². The monoisotopic (exact) mass is 264 g/mol. The summed E-state index contributed by atoms with van der Waals surface area (Å²) in [5, 5.41) is 13.2. The molecule has 1 fully saturated rings. The summed E-state index contributed by atoms with van der Waals surface area (Å²) in [5.41, 5.74) is 6.66. The highest BCUT2D eigenvalue weighted by molar-refractivity contribution is 5.57. The fourth-order valence-corrected chi connectivity index (χ4v) is 2.88. The maximum atomic E-state index is 9.76. The summed E-state index contributed by atoms with van der Waals surface area (Å²) in [6.45, 7) is 4.29. The van der Waals surface area contributed by atoms with Crippen LogP contribution in [0.4, 0.5) is 11.6 Å². The van der Waals surface area contributed by atoms with Crippen LogP contribution >= 0.6 is 0 Å². The van der Waals surface area contributed by atoms with E-state index in [2.05, 4.69) is 29.1 Å². The number of nitrogens with one attached hydrogen (secondary N) is 1. The molecule has 0 spiro atoms. The zero-order valence-electron chi connectivity index (χ0n) is 11.8. The Morgan fingerprint density at radius 1 is 1.32 bits per heavy atom. The highest BCUT2D eigenvalue weighted by atomic mass is 16.3. The molecule has 1 saturated carbocycles. The van der Waals surface area contributed by atoms with Crippen molar-refractivity contribution in [2.24, 2.45) is 0 Å². The Kier molecular flexibility index (Phi) is 4.24. The van der Waals surface area contributed by atoms with Gasteiger partial charge in [0.2, 0.25) is 0 Å².